The van der Waals surface area contributed by atoms with Crippen LogP contribution in [-0.4, -0.2) is 14.3 Å². The van der Waals surface area contributed by atoms with Gasteiger partial charge in [-0.1, -0.05) is 29.8 Å². The molecule has 0 atom stereocenters. The summed E-state index contributed by atoms with van der Waals surface area (Å²) in [6.07, 6.45) is -4.82. The minimum Gasteiger partial charge on any atom is -0.325 e. The van der Waals surface area contributed by atoms with Gasteiger partial charge in [-0.25, -0.2) is 8.42 Å². The van der Waals surface area contributed by atoms with Gasteiger partial charge in [-0.05, 0) is 24.3 Å². The van der Waals surface area contributed by atoms with Crippen molar-refractivity contribution in [2.75, 3.05) is 10.0 Å². The number of para-hydroxylation sites is 1. The molecular weight excluding hydrogens is 381 g/mol. The van der Waals surface area contributed by atoms with Gasteiger partial charge in [-0.2, -0.15) is 13.2 Å². The average Bonchev–Trinajstić information content (AvgIpc) is 2.48. The van der Waals surface area contributed by atoms with E-state index < -0.39 is 43.3 Å². The first kappa shape index (κ1) is 19.1. The summed E-state index contributed by atoms with van der Waals surface area (Å²) in [6, 6.07) is 8.58. The van der Waals surface area contributed by atoms with Gasteiger partial charge >= 0.3 is 6.18 Å². The van der Waals surface area contributed by atoms with E-state index in [1.807, 2.05) is 0 Å². The highest BCUT2D eigenvalue weighted by Crippen LogP contribution is 2.38. The molecule has 1 amide bonds. The Hall–Kier alpha value is -2.26. The molecule has 134 valence electrons. The van der Waals surface area contributed by atoms with Gasteiger partial charge in [-0.3, -0.25) is 9.52 Å². The van der Waals surface area contributed by atoms with E-state index >= 15 is 0 Å². The summed E-state index contributed by atoms with van der Waals surface area (Å²) in [6.45, 7) is 1.06. The Morgan fingerprint density at radius 2 is 1.72 bits per heavy atom. The molecule has 25 heavy (non-hydrogen) atoms. The topological polar surface area (TPSA) is 75.3 Å². The van der Waals surface area contributed by atoms with Crippen molar-refractivity contribution in [1.29, 1.82) is 0 Å². The second-order valence-corrected chi connectivity index (χ2v) is 7.02. The molecule has 0 saturated heterocycles. The van der Waals surface area contributed by atoms with Crippen LogP contribution in [0.25, 0.3) is 0 Å². The van der Waals surface area contributed by atoms with E-state index in [1.54, 1.807) is 18.2 Å². The number of benzene rings is 2. The summed E-state index contributed by atoms with van der Waals surface area (Å²) in [5.74, 6) is -0.694. The lowest BCUT2D eigenvalue weighted by Gasteiger charge is -2.16. The van der Waals surface area contributed by atoms with Crippen LogP contribution in [-0.2, 0) is 21.0 Å². The Morgan fingerprint density at radius 3 is 2.24 bits per heavy atom. The van der Waals surface area contributed by atoms with Crippen molar-refractivity contribution >= 4 is 38.9 Å². The Balaban J connectivity index is 2.60. The van der Waals surface area contributed by atoms with Crippen LogP contribution in [0.15, 0.2) is 47.4 Å². The molecule has 0 bridgehead atoms. The van der Waals surface area contributed by atoms with Crippen LogP contribution in [0.4, 0.5) is 24.5 Å². The largest absolute Gasteiger partial charge is 0.416 e. The summed E-state index contributed by atoms with van der Waals surface area (Å²) in [7, 11) is -4.42. The minimum absolute atomic E-state index is 0.150. The van der Waals surface area contributed by atoms with Crippen molar-refractivity contribution < 1.29 is 26.4 Å². The molecule has 10 heteroatoms. The molecule has 2 rings (SSSR count). The summed E-state index contributed by atoms with van der Waals surface area (Å²) in [5.41, 5.74) is -1.55. The van der Waals surface area contributed by atoms with Crippen LogP contribution < -0.4 is 10.0 Å². The standard InChI is InChI=1S/C15H12ClF3N2O3S/c1-9(22)20-12-7-10(15(17,18)19)8-13(14(12)16)25(23,24)21-11-5-3-2-4-6-11/h2-8,21H,1H3,(H,20,22). The van der Waals surface area contributed by atoms with Crippen LogP contribution in [0.1, 0.15) is 12.5 Å². The lowest BCUT2D eigenvalue weighted by Crippen LogP contribution is -2.17. The normalized spacial score (nSPS) is 11.9. The minimum atomic E-state index is -4.82. The summed E-state index contributed by atoms with van der Waals surface area (Å²) in [5, 5.41) is 1.58. The molecule has 2 aromatic carbocycles. The quantitative estimate of drug-likeness (QED) is 0.821. The number of rotatable bonds is 4. The first-order valence-corrected chi connectivity index (χ1v) is 8.63. The first-order valence-electron chi connectivity index (χ1n) is 6.77. The number of carbonyl (C=O) groups is 1. The number of alkyl halides is 3. The van der Waals surface area contributed by atoms with E-state index in [0.29, 0.717) is 12.1 Å². The van der Waals surface area contributed by atoms with Gasteiger partial charge in [0.25, 0.3) is 10.0 Å². The third kappa shape index (κ3) is 4.64. The van der Waals surface area contributed by atoms with Crippen LogP contribution in [0.3, 0.4) is 0 Å². The molecule has 0 spiro atoms. The van der Waals surface area contributed by atoms with Gasteiger partial charge < -0.3 is 5.32 Å². The summed E-state index contributed by atoms with van der Waals surface area (Å²) in [4.78, 5) is 10.4. The van der Waals surface area contributed by atoms with E-state index in [-0.39, 0.29) is 5.69 Å². The Kier molecular flexibility index (Phi) is 5.28. The monoisotopic (exact) mass is 392 g/mol. The van der Waals surface area contributed by atoms with Crippen LogP contribution in [0, 0.1) is 0 Å². The highest BCUT2D eigenvalue weighted by molar-refractivity contribution is 7.92. The van der Waals surface area contributed by atoms with E-state index in [2.05, 4.69) is 10.0 Å². The summed E-state index contributed by atoms with van der Waals surface area (Å²) >= 11 is 5.92. The Labute approximate surface area is 146 Å². The highest BCUT2D eigenvalue weighted by atomic mass is 35.5. The van der Waals surface area contributed by atoms with Gasteiger partial charge in [0.1, 0.15) is 4.90 Å². The maximum absolute atomic E-state index is 13.1. The molecule has 0 saturated carbocycles. The number of nitrogens with one attached hydrogen (secondary N) is 2. The molecule has 5 nitrogen and oxygen atoms in total. The smallest absolute Gasteiger partial charge is 0.325 e. The van der Waals surface area contributed by atoms with Crippen molar-refractivity contribution in [1.82, 2.24) is 0 Å². The highest BCUT2D eigenvalue weighted by Gasteiger charge is 2.34. The predicted octanol–water partition coefficient (Wildman–Crippen LogP) is 4.12. The number of sulfonamides is 1. The fourth-order valence-electron chi connectivity index (χ4n) is 1.95. The number of carbonyl (C=O) groups excluding carboxylic acids is 1. The molecule has 0 aliphatic heterocycles. The van der Waals surface area contributed by atoms with Crippen LogP contribution >= 0.6 is 11.6 Å². The number of hydrogen-bond donors (Lipinski definition) is 2. The number of hydrogen-bond acceptors (Lipinski definition) is 3. The molecular formula is C15H12ClF3N2O3S. The number of amides is 1. The molecule has 2 aromatic rings. The zero-order chi connectivity index (χ0) is 18.8. The lowest BCUT2D eigenvalue weighted by molar-refractivity contribution is -0.137. The third-order valence-electron chi connectivity index (χ3n) is 2.99. The van der Waals surface area contributed by atoms with Crippen molar-refractivity contribution in [2.24, 2.45) is 0 Å². The average molecular weight is 393 g/mol. The fourth-order valence-corrected chi connectivity index (χ4v) is 3.60. The molecule has 0 aliphatic carbocycles. The molecule has 0 aliphatic rings. The van der Waals surface area contributed by atoms with Crippen molar-refractivity contribution in [2.45, 2.75) is 18.0 Å². The molecule has 0 unspecified atom stereocenters. The van der Waals surface area contributed by atoms with Crippen LogP contribution in [0.5, 0.6) is 0 Å². The van der Waals surface area contributed by atoms with Gasteiger partial charge in [-0.15, -0.1) is 0 Å². The van der Waals surface area contributed by atoms with Gasteiger partial charge in [0.05, 0.1) is 16.3 Å². The van der Waals surface area contributed by atoms with E-state index in [1.165, 1.54) is 12.1 Å². The molecule has 0 radical (unpaired) electrons. The molecule has 0 fully saturated rings. The molecule has 0 aromatic heterocycles. The zero-order valence-corrected chi connectivity index (χ0v) is 14.3. The van der Waals surface area contributed by atoms with E-state index in [0.717, 1.165) is 6.92 Å². The Bertz CT molecular complexity index is 900. The maximum atomic E-state index is 13.1. The number of halogens is 4. The Morgan fingerprint density at radius 1 is 1.12 bits per heavy atom. The molecule has 2 N–H and O–H groups in total. The second kappa shape index (κ2) is 6.93. The van der Waals surface area contributed by atoms with E-state index in [9.17, 15) is 26.4 Å². The predicted molar refractivity (Wildman–Crippen MR) is 88.0 cm³/mol. The second-order valence-electron chi connectivity index (χ2n) is 4.99. The van der Waals surface area contributed by atoms with Crippen molar-refractivity contribution in [3.8, 4) is 0 Å². The fraction of sp³-hybridized carbons (Fsp3) is 0.133. The third-order valence-corrected chi connectivity index (χ3v) is 4.92. The number of anilines is 2. The van der Waals surface area contributed by atoms with Gasteiger partial charge in [0.2, 0.25) is 5.91 Å². The SMILES string of the molecule is CC(=O)Nc1cc(C(F)(F)F)cc(S(=O)(=O)Nc2ccccc2)c1Cl. The first-order chi connectivity index (χ1) is 11.5. The van der Waals surface area contributed by atoms with Crippen LogP contribution in [0.2, 0.25) is 5.02 Å². The maximum Gasteiger partial charge on any atom is 0.416 e. The summed E-state index contributed by atoms with van der Waals surface area (Å²) < 4.78 is 66.3. The molecule has 0 heterocycles. The lowest BCUT2D eigenvalue weighted by atomic mass is 10.2. The zero-order valence-electron chi connectivity index (χ0n) is 12.7. The van der Waals surface area contributed by atoms with Gasteiger partial charge in [0.15, 0.2) is 0 Å². The van der Waals surface area contributed by atoms with E-state index in [4.69, 9.17) is 11.6 Å². The van der Waals surface area contributed by atoms with Crippen molar-refractivity contribution in [3.63, 3.8) is 0 Å². The van der Waals surface area contributed by atoms with Gasteiger partial charge in [0, 0.05) is 12.6 Å². The van der Waals surface area contributed by atoms with Crippen molar-refractivity contribution in [3.05, 3.63) is 53.1 Å².